The van der Waals surface area contributed by atoms with E-state index in [0.29, 0.717) is 12.0 Å². The van der Waals surface area contributed by atoms with Gasteiger partial charge in [-0.25, -0.2) is 0 Å². The van der Waals surface area contributed by atoms with Gasteiger partial charge in [0, 0.05) is 15.0 Å². The molecular formula is C18H19Br2N. The highest BCUT2D eigenvalue weighted by Gasteiger charge is 2.28. The van der Waals surface area contributed by atoms with E-state index in [-0.39, 0.29) is 0 Å². The van der Waals surface area contributed by atoms with Gasteiger partial charge in [-0.3, -0.25) is 0 Å². The molecule has 1 N–H and O–H groups in total. The van der Waals surface area contributed by atoms with Gasteiger partial charge in [0.05, 0.1) is 0 Å². The van der Waals surface area contributed by atoms with Gasteiger partial charge >= 0.3 is 0 Å². The molecule has 2 aromatic rings. The first-order valence-corrected chi connectivity index (χ1v) is 9.03. The molecule has 1 nitrogen and oxygen atoms in total. The van der Waals surface area contributed by atoms with Gasteiger partial charge in [-0.15, -0.1) is 0 Å². The van der Waals surface area contributed by atoms with E-state index in [1.165, 1.54) is 23.1 Å². The van der Waals surface area contributed by atoms with Crippen LogP contribution in [0.1, 0.15) is 42.0 Å². The number of hydrogen-bond donors (Lipinski definition) is 1. The van der Waals surface area contributed by atoms with Crippen LogP contribution in [-0.2, 0) is 6.42 Å². The predicted molar refractivity (Wildman–Crippen MR) is 95.8 cm³/mol. The molecule has 1 aliphatic carbocycles. The van der Waals surface area contributed by atoms with Crippen LogP contribution in [0.3, 0.4) is 0 Å². The molecule has 3 rings (SSSR count). The van der Waals surface area contributed by atoms with Crippen molar-refractivity contribution in [1.29, 1.82) is 0 Å². The third kappa shape index (κ3) is 3.41. The first-order valence-electron chi connectivity index (χ1n) is 7.44. The minimum atomic E-state index is 0.405. The van der Waals surface area contributed by atoms with Crippen molar-refractivity contribution in [3.8, 4) is 0 Å². The van der Waals surface area contributed by atoms with Crippen LogP contribution < -0.4 is 5.32 Å². The maximum Gasteiger partial charge on any atom is 0.0326 e. The second-order valence-electron chi connectivity index (χ2n) is 5.65. The zero-order chi connectivity index (χ0) is 14.8. The van der Waals surface area contributed by atoms with E-state index in [1.54, 1.807) is 0 Å². The minimum Gasteiger partial charge on any atom is -0.310 e. The third-order valence-corrected chi connectivity index (χ3v) is 5.13. The van der Waals surface area contributed by atoms with Gasteiger partial charge in [-0.1, -0.05) is 63.0 Å². The molecule has 0 aromatic heterocycles. The lowest BCUT2D eigenvalue weighted by atomic mass is 9.74. The largest absolute Gasteiger partial charge is 0.310 e. The summed E-state index contributed by atoms with van der Waals surface area (Å²) in [7, 11) is 0. The molecule has 0 bridgehead atoms. The predicted octanol–water partition coefficient (Wildman–Crippen LogP) is 5.59. The Kier molecular flexibility index (Phi) is 4.82. The van der Waals surface area contributed by atoms with E-state index in [0.717, 1.165) is 21.9 Å². The van der Waals surface area contributed by atoms with Crippen LogP contribution in [0.15, 0.2) is 51.4 Å². The lowest BCUT2D eigenvalue weighted by molar-refractivity contribution is 0.435. The summed E-state index contributed by atoms with van der Waals surface area (Å²) in [5, 5.41) is 3.64. The molecule has 3 heteroatoms. The zero-order valence-electron chi connectivity index (χ0n) is 12.1. The number of halogens is 2. The maximum atomic E-state index is 3.64. The third-order valence-electron chi connectivity index (χ3n) is 4.22. The summed E-state index contributed by atoms with van der Waals surface area (Å²) >= 11 is 7.20. The van der Waals surface area contributed by atoms with E-state index in [1.807, 2.05) is 0 Å². The highest BCUT2D eigenvalue weighted by molar-refractivity contribution is 9.11. The van der Waals surface area contributed by atoms with Crippen LogP contribution in [-0.4, -0.2) is 6.54 Å². The van der Waals surface area contributed by atoms with Crippen molar-refractivity contribution in [2.75, 3.05) is 6.54 Å². The van der Waals surface area contributed by atoms with Crippen molar-refractivity contribution in [3.05, 3.63) is 68.1 Å². The summed E-state index contributed by atoms with van der Waals surface area (Å²) in [6.45, 7) is 3.16. The van der Waals surface area contributed by atoms with Gasteiger partial charge in [0.1, 0.15) is 0 Å². The van der Waals surface area contributed by atoms with Crippen LogP contribution in [0.4, 0.5) is 0 Å². The lowest BCUT2D eigenvalue weighted by Crippen LogP contribution is -2.27. The van der Waals surface area contributed by atoms with E-state index < -0.39 is 0 Å². The topological polar surface area (TPSA) is 12.0 Å². The number of nitrogens with one attached hydrogen (secondary N) is 1. The van der Waals surface area contributed by atoms with Crippen LogP contribution >= 0.6 is 31.9 Å². The highest BCUT2D eigenvalue weighted by Crippen LogP contribution is 2.41. The Balaban J connectivity index is 1.80. The molecule has 2 unspecified atom stereocenters. The van der Waals surface area contributed by atoms with E-state index in [9.17, 15) is 0 Å². The monoisotopic (exact) mass is 407 g/mol. The normalized spacial score (nSPS) is 18.0. The zero-order valence-corrected chi connectivity index (χ0v) is 15.2. The summed E-state index contributed by atoms with van der Waals surface area (Å²) in [6.07, 6.45) is 2.38. The first kappa shape index (κ1) is 15.3. The minimum absolute atomic E-state index is 0.405. The number of rotatable bonds is 5. The number of benzene rings is 2. The quantitative estimate of drug-likeness (QED) is 0.679. The number of hydrogen-bond acceptors (Lipinski definition) is 1. The fourth-order valence-corrected chi connectivity index (χ4v) is 4.55. The molecule has 2 aromatic carbocycles. The Bertz CT molecular complexity index is 619. The SMILES string of the molecule is CCNC(CC1Cc2ccccc21)c1cc(Br)cc(Br)c1. The Hall–Kier alpha value is -0.640. The van der Waals surface area contributed by atoms with Crippen molar-refractivity contribution < 1.29 is 0 Å². The molecule has 0 aliphatic heterocycles. The number of fused-ring (bicyclic) bond motifs is 1. The van der Waals surface area contributed by atoms with Gasteiger partial charge in [-0.05, 0) is 60.2 Å². The van der Waals surface area contributed by atoms with Crippen LogP contribution in [0, 0.1) is 0 Å². The van der Waals surface area contributed by atoms with Gasteiger partial charge in [0.2, 0.25) is 0 Å². The molecule has 0 radical (unpaired) electrons. The standard InChI is InChI=1S/C18H19Br2N/c1-2-21-18(14-8-15(19)11-16(20)9-14)10-13-7-12-5-3-4-6-17(12)13/h3-6,8-9,11,13,18,21H,2,7,10H2,1H3. The fraction of sp³-hybridized carbons (Fsp3) is 0.333. The molecule has 0 spiro atoms. The molecule has 0 amide bonds. The van der Waals surface area contributed by atoms with Crippen molar-refractivity contribution in [1.82, 2.24) is 5.32 Å². The summed E-state index contributed by atoms with van der Waals surface area (Å²) in [4.78, 5) is 0. The summed E-state index contributed by atoms with van der Waals surface area (Å²) in [5.74, 6) is 0.683. The van der Waals surface area contributed by atoms with Crippen LogP contribution in [0.5, 0.6) is 0 Å². The summed E-state index contributed by atoms with van der Waals surface area (Å²) < 4.78 is 2.26. The van der Waals surface area contributed by atoms with Crippen LogP contribution in [0.2, 0.25) is 0 Å². The summed E-state index contributed by atoms with van der Waals surface area (Å²) in [5.41, 5.74) is 4.41. The molecule has 0 fully saturated rings. The molecule has 0 heterocycles. The Morgan fingerprint density at radius 3 is 2.52 bits per heavy atom. The van der Waals surface area contributed by atoms with Crippen molar-refractivity contribution >= 4 is 31.9 Å². The smallest absolute Gasteiger partial charge is 0.0326 e. The summed E-state index contributed by atoms with van der Waals surface area (Å²) in [6, 6.07) is 15.8. The Morgan fingerprint density at radius 2 is 1.86 bits per heavy atom. The molecule has 1 aliphatic rings. The fourth-order valence-electron chi connectivity index (χ4n) is 3.22. The molecule has 0 saturated carbocycles. The maximum absolute atomic E-state index is 3.64. The van der Waals surface area contributed by atoms with Crippen LogP contribution in [0.25, 0.3) is 0 Å². The second-order valence-corrected chi connectivity index (χ2v) is 7.48. The second kappa shape index (κ2) is 6.64. The lowest BCUT2D eigenvalue weighted by Gasteiger charge is -2.33. The first-order chi connectivity index (χ1) is 10.2. The van der Waals surface area contributed by atoms with Gasteiger partial charge in [-0.2, -0.15) is 0 Å². The highest BCUT2D eigenvalue weighted by atomic mass is 79.9. The van der Waals surface area contributed by atoms with Crippen molar-refractivity contribution in [2.45, 2.75) is 31.7 Å². The van der Waals surface area contributed by atoms with Crippen molar-refractivity contribution in [2.24, 2.45) is 0 Å². The van der Waals surface area contributed by atoms with Gasteiger partial charge < -0.3 is 5.32 Å². The van der Waals surface area contributed by atoms with E-state index in [2.05, 4.69) is 86.6 Å². The molecule has 110 valence electrons. The Labute approximate surface area is 143 Å². The van der Waals surface area contributed by atoms with E-state index >= 15 is 0 Å². The Morgan fingerprint density at radius 1 is 1.14 bits per heavy atom. The molecule has 0 saturated heterocycles. The van der Waals surface area contributed by atoms with Gasteiger partial charge in [0.15, 0.2) is 0 Å². The molecular weight excluding hydrogens is 390 g/mol. The van der Waals surface area contributed by atoms with E-state index in [4.69, 9.17) is 0 Å². The van der Waals surface area contributed by atoms with Gasteiger partial charge in [0.25, 0.3) is 0 Å². The average molecular weight is 409 g/mol. The van der Waals surface area contributed by atoms with Crippen molar-refractivity contribution in [3.63, 3.8) is 0 Å². The molecule has 2 atom stereocenters. The molecule has 21 heavy (non-hydrogen) atoms. The average Bonchev–Trinajstić information content (AvgIpc) is 2.42.